The van der Waals surface area contributed by atoms with Crippen LogP contribution in [0.4, 0.5) is 8.78 Å². The van der Waals surface area contributed by atoms with E-state index in [2.05, 4.69) is 0 Å². The van der Waals surface area contributed by atoms with Gasteiger partial charge < -0.3 is 9.47 Å². The predicted octanol–water partition coefficient (Wildman–Crippen LogP) is 4.60. The van der Waals surface area contributed by atoms with E-state index in [1.165, 1.54) is 19.3 Å². The second-order valence-corrected chi connectivity index (χ2v) is 16.5. The first-order chi connectivity index (χ1) is 17.8. The van der Waals surface area contributed by atoms with Crippen molar-refractivity contribution in [2.45, 2.75) is 87.9 Å². The van der Waals surface area contributed by atoms with E-state index in [4.69, 9.17) is 14.0 Å². The van der Waals surface area contributed by atoms with Crippen LogP contribution in [0.5, 0.6) is 0 Å². The number of carbonyl (C=O) groups excluding carboxylic acids is 2. The van der Waals surface area contributed by atoms with E-state index >= 15 is 0 Å². The van der Waals surface area contributed by atoms with Gasteiger partial charge in [-0.3, -0.25) is 9.35 Å². The summed E-state index contributed by atoms with van der Waals surface area (Å²) in [6, 6.07) is 0. The lowest BCUT2D eigenvalue weighted by Gasteiger charge is -2.72. The van der Waals surface area contributed by atoms with Gasteiger partial charge in [-0.15, -0.1) is 0 Å². The fourth-order valence-corrected chi connectivity index (χ4v) is 12.8. The molecule has 0 heterocycles. The Labute approximate surface area is 221 Å². The van der Waals surface area contributed by atoms with Gasteiger partial charge in [-0.2, -0.15) is 17.2 Å². The highest BCUT2D eigenvalue weighted by molar-refractivity contribution is 7.87. The number of halogens is 2. The highest BCUT2D eigenvalue weighted by Crippen LogP contribution is 2.75. The molecule has 0 spiro atoms. The topological polar surface area (TPSA) is 107 Å². The third-order valence-electron chi connectivity index (χ3n) is 12.9. The molecule has 1 N–H and O–H groups in total. The summed E-state index contributed by atoms with van der Waals surface area (Å²) < 4.78 is 69.8. The highest BCUT2D eigenvalue weighted by atomic mass is 32.2. The number of carbonyl (C=O) groups is 2. The summed E-state index contributed by atoms with van der Waals surface area (Å²) in [7, 11) is -5.91. The third-order valence-corrected chi connectivity index (χ3v) is 13.8. The van der Waals surface area contributed by atoms with Crippen LogP contribution < -0.4 is 0 Å². The molecular weight excluding hydrogens is 518 g/mol. The second kappa shape index (κ2) is 7.31. The van der Waals surface area contributed by atoms with Crippen molar-refractivity contribution < 1.29 is 40.8 Å². The minimum Gasteiger partial charge on any atom is -0.460 e. The van der Waals surface area contributed by atoms with Crippen LogP contribution >= 0.6 is 0 Å². The molecule has 4 atom stereocenters. The highest BCUT2D eigenvalue weighted by Gasteiger charge is 2.70. The molecule has 0 radical (unpaired) electrons. The van der Waals surface area contributed by atoms with Gasteiger partial charge in [0.15, 0.2) is 0 Å². The second-order valence-electron chi connectivity index (χ2n) is 15.1. The fourth-order valence-electron chi connectivity index (χ4n) is 12.5. The lowest BCUT2D eigenvalue weighted by molar-refractivity contribution is -0.255. The number of hydrogen-bond donors (Lipinski definition) is 1. The van der Waals surface area contributed by atoms with Crippen LogP contribution in [0.15, 0.2) is 0 Å². The third kappa shape index (κ3) is 3.16. The Morgan fingerprint density at radius 2 is 1.32 bits per heavy atom. The molecule has 11 aliphatic carbocycles. The maximum absolute atomic E-state index is 14.1. The number of ether oxygens (including phenoxy) is 2. The van der Waals surface area contributed by atoms with Gasteiger partial charge in [-0.05, 0) is 130 Å². The monoisotopic (exact) mass is 554 g/mol. The lowest BCUT2D eigenvalue weighted by atomic mass is 9.33. The molecule has 3 unspecified atom stereocenters. The molecule has 0 aromatic carbocycles. The van der Waals surface area contributed by atoms with Gasteiger partial charge in [0.2, 0.25) is 0 Å². The van der Waals surface area contributed by atoms with Crippen molar-refractivity contribution in [3.05, 3.63) is 0 Å². The maximum atomic E-state index is 14.1. The molecule has 11 fully saturated rings. The molecule has 7 nitrogen and oxygen atoms in total. The van der Waals surface area contributed by atoms with E-state index in [-0.39, 0.29) is 29.8 Å². The zero-order chi connectivity index (χ0) is 26.5. The van der Waals surface area contributed by atoms with Gasteiger partial charge in [-0.25, -0.2) is 4.79 Å². The molecule has 11 aliphatic rings. The molecule has 12 bridgehead atoms. The largest absolute Gasteiger partial charge is 0.465 e. The minimum atomic E-state index is -5.91. The molecule has 11 rings (SSSR count). The van der Waals surface area contributed by atoms with Crippen LogP contribution in [0.2, 0.25) is 0 Å². The average molecular weight is 555 g/mol. The molecular formula is C28H36F2O7S. The van der Waals surface area contributed by atoms with Gasteiger partial charge in [0.1, 0.15) is 5.60 Å². The van der Waals surface area contributed by atoms with Crippen LogP contribution in [0.25, 0.3) is 0 Å². The van der Waals surface area contributed by atoms with Crippen molar-refractivity contribution >= 4 is 22.1 Å². The first-order valence-electron chi connectivity index (χ1n) is 14.6. The first kappa shape index (κ1) is 24.5. The summed E-state index contributed by atoms with van der Waals surface area (Å²) in [5.41, 5.74) is -1.66. The smallest absolute Gasteiger partial charge is 0.460 e. The van der Waals surface area contributed by atoms with Crippen molar-refractivity contribution in [2.75, 3.05) is 6.61 Å². The average Bonchev–Trinajstić information content (AvgIpc) is 2.83. The quantitative estimate of drug-likeness (QED) is 0.378. The Morgan fingerprint density at radius 3 is 1.82 bits per heavy atom. The lowest BCUT2D eigenvalue weighted by Crippen LogP contribution is -2.67. The molecule has 210 valence electrons. The van der Waals surface area contributed by atoms with E-state index < -0.39 is 32.4 Å². The number of esters is 2. The van der Waals surface area contributed by atoms with Crippen LogP contribution in [0, 0.1) is 64.1 Å². The Hall–Kier alpha value is -1.29. The molecule has 0 aromatic rings. The van der Waals surface area contributed by atoms with Crippen LogP contribution in [0.3, 0.4) is 0 Å². The van der Waals surface area contributed by atoms with E-state index in [1.54, 1.807) is 0 Å². The van der Waals surface area contributed by atoms with Crippen molar-refractivity contribution in [2.24, 2.45) is 64.1 Å². The molecule has 38 heavy (non-hydrogen) atoms. The van der Waals surface area contributed by atoms with Gasteiger partial charge in [-0.1, -0.05) is 0 Å². The number of alkyl halides is 2. The Morgan fingerprint density at radius 1 is 0.789 bits per heavy atom. The van der Waals surface area contributed by atoms with Gasteiger partial charge >= 0.3 is 27.3 Å². The molecule has 0 saturated heterocycles. The van der Waals surface area contributed by atoms with E-state index in [0.29, 0.717) is 37.0 Å². The fraction of sp³-hybridized carbons (Fsp3) is 0.929. The van der Waals surface area contributed by atoms with Gasteiger partial charge in [0.05, 0.1) is 12.0 Å². The maximum Gasteiger partial charge on any atom is 0.465 e. The van der Waals surface area contributed by atoms with Crippen molar-refractivity contribution in [1.82, 2.24) is 0 Å². The number of hydrogen-bond acceptors (Lipinski definition) is 6. The Kier molecular flexibility index (Phi) is 4.71. The summed E-state index contributed by atoms with van der Waals surface area (Å²) >= 11 is 0. The van der Waals surface area contributed by atoms with Gasteiger partial charge in [0, 0.05) is 5.41 Å². The van der Waals surface area contributed by atoms with Gasteiger partial charge in [0.25, 0.3) is 0 Å². The van der Waals surface area contributed by atoms with E-state index in [1.807, 2.05) is 0 Å². The molecule has 0 aliphatic heterocycles. The standard InChI is InChI=1S/C28H36F2O7S/c29-28(30,38(33,34)35)24(32)36-13-25-5-15-1-16(6-25)8-27(7-15,12-25)37-23(31)26-9-20-17-2-14-3-18(20)22(11-26)19(4-14)21(17)10-26/h14-22H,1-13H2,(H,33,34,35)/t14?,15-,16?,17?,18?,19?,20?,21?,22?,25?,26?,27?/m0/s1. The van der Waals surface area contributed by atoms with Crippen LogP contribution in [-0.2, 0) is 29.2 Å². The summed E-state index contributed by atoms with van der Waals surface area (Å²) in [5, 5.41) is -5.00. The summed E-state index contributed by atoms with van der Waals surface area (Å²) in [6.07, 6.45) is 11.3. The van der Waals surface area contributed by atoms with Crippen molar-refractivity contribution in [1.29, 1.82) is 0 Å². The van der Waals surface area contributed by atoms with E-state index in [0.717, 1.165) is 62.2 Å². The normalized spacial score (nSPS) is 53.0. The summed E-state index contributed by atoms with van der Waals surface area (Å²) in [6.45, 7) is -0.354. The molecule has 0 aromatic heterocycles. The summed E-state index contributed by atoms with van der Waals surface area (Å²) in [5.74, 6) is 3.52. The van der Waals surface area contributed by atoms with Crippen LogP contribution in [0.1, 0.15) is 77.0 Å². The first-order valence-corrected chi connectivity index (χ1v) is 16.0. The zero-order valence-electron chi connectivity index (χ0n) is 21.4. The SMILES string of the molecule is O=C(OC12CC3C[C@@H](CC(COC(=O)C(F)(F)S(=O)(=O)O)(C3)C1)C2)C12CC3C4CC5CC3C(C1)C(C5)C4C2. The predicted molar refractivity (Wildman–Crippen MR) is 128 cm³/mol. The van der Waals surface area contributed by atoms with Crippen molar-refractivity contribution in [3.63, 3.8) is 0 Å². The molecule has 0 amide bonds. The van der Waals surface area contributed by atoms with Crippen molar-refractivity contribution in [3.8, 4) is 0 Å². The Bertz CT molecular complexity index is 1140. The number of rotatable bonds is 6. The zero-order valence-corrected chi connectivity index (χ0v) is 22.3. The minimum absolute atomic E-state index is 0.0439. The van der Waals surface area contributed by atoms with E-state index in [9.17, 15) is 26.8 Å². The Balaban J connectivity index is 1.01. The molecule has 11 saturated carbocycles. The molecule has 10 heteroatoms. The summed E-state index contributed by atoms with van der Waals surface area (Å²) in [4.78, 5) is 26.1. The van der Waals surface area contributed by atoms with Crippen LogP contribution in [-0.4, -0.2) is 42.4 Å².